The summed E-state index contributed by atoms with van der Waals surface area (Å²) in [5.74, 6) is -0.832. The summed E-state index contributed by atoms with van der Waals surface area (Å²) in [6, 6.07) is 27.5. The van der Waals surface area contributed by atoms with Crippen LogP contribution in [0.25, 0.3) is 6.08 Å². The van der Waals surface area contributed by atoms with Crippen LogP contribution in [0.1, 0.15) is 43.4 Å². The maximum absolute atomic E-state index is 15.0. The minimum absolute atomic E-state index is 0.256. The first-order chi connectivity index (χ1) is 21.5. The molecule has 7 nitrogen and oxygen atoms in total. The molecule has 1 spiro atoms. The first kappa shape index (κ1) is 27.4. The van der Waals surface area contributed by atoms with Crippen LogP contribution in [0.5, 0.6) is 11.5 Å². The van der Waals surface area contributed by atoms with Crippen molar-refractivity contribution in [1.82, 2.24) is 4.90 Å². The molecular formula is C37H30N2O5. The van der Waals surface area contributed by atoms with E-state index in [0.717, 1.165) is 11.1 Å². The fourth-order valence-corrected chi connectivity index (χ4v) is 7.17. The van der Waals surface area contributed by atoms with Gasteiger partial charge in [0.2, 0.25) is 5.91 Å². The first-order valence-electron chi connectivity index (χ1n) is 14.5. The van der Waals surface area contributed by atoms with Crippen molar-refractivity contribution in [2.45, 2.75) is 17.5 Å². The Morgan fingerprint density at radius 2 is 1.68 bits per heavy atom. The van der Waals surface area contributed by atoms with E-state index in [1.54, 1.807) is 61.7 Å². The van der Waals surface area contributed by atoms with E-state index in [4.69, 9.17) is 9.47 Å². The van der Waals surface area contributed by atoms with E-state index in [-0.39, 0.29) is 24.1 Å². The minimum atomic E-state index is -1.40. The number of ether oxygens (including phenoxy) is 2. The van der Waals surface area contributed by atoms with Crippen LogP contribution >= 0.6 is 0 Å². The lowest BCUT2D eigenvalue weighted by molar-refractivity contribution is -0.122. The molecule has 44 heavy (non-hydrogen) atoms. The van der Waals surface area contributed by atoms with Crippen molar-refractivity contribution in [2.75, 3.05) is 19.0 Å². The molecule has 1 saturated heterocycles. The van der Waals surface area contributed by atoms with Gasteiger partial charge in [0, 0.05) is 23.0 Å². The number of Topliss-reactive ketones (excluding diaryl/α,β-unsaturated/α-hetero) is 2. The van der Waals surface area contributed by atoms with Crippen LogP contribution in [0.2, 0.25) is 0 Å². The van der Waals surface area contributed by atoms with Crippen LogP contribution in [0.15, 0.2) is 116 Å². The number of fused-ring (bicyclic) bond motifs is 6. The standard InChI is InChI=1S/C37H30N2O5/c1-3-21-44-27-11-8-10-25(22-27)33(40)31-32(34(41)24-15-17-26(43-2)18-16-24)39-20-19-23-9-4-5-12-28(23)35(39)37(31)29-13-6-7-14-30(29)38-36(37)42/h3-20,22,31-32,35H,1,21H2,2H3,(H,38,42)/t31-,32+,35-,37+/m1/s1. The SMILES string of the molecule is C=CCOc1cccc(C(=O)[C@H]2[C@@H](C(=O)c3ccc(OC)cc3)N3C=Cc4ccccc4[C@@H]3[C@@]23C(=O)Nc2ccccc23)c1. The van der Waals surface area contributed by atoms with Gasteiger partial charge in [0.25, 0.3) is 0 Å². The zero-order valence-electron chi connectivity index (χ0n) is 24.1. The summed E-state index contributed by atoms with van der Waals surface area (Å²) in [7, 11) is 1.57. The highest BCUT2D eigenvalue weighted by atomic mass is 16.5. The fraction of sp³-hybridized carbons (Fsp3) is 0.162. The molecule has 7 rings (SSSR count). The van der Waals surface area contributed by atoms with Gasteiger partial charge in [-0.15, -0.1) is 0 Å². The van der Waals surface area contributed by atoms with E-state index >= 15 is 4.79 Å². The highest BCUT2D eigenvalue weighted by molar-refractivity contribution is 6.16. The lowest BCUT2D eigenvalue weighted by Crippen LogP contribution is -2.49. The predicted octanol–water partition coefficient (Wildman–Crippen LogP) is 6.24. The molecule has 0 radical (unpaired) electrons. The average molecular weight is 583 g/mol. The molecule has 1 fully saturated rings. The molecule has 3 heterocycles. The first-order valence-corrected chi connectivity index (χ1v) is 14.5. The van der Waals surface area contributed by atoms with Crippen molar-refractivity contribution in [3.05, 3.63) is 144 Å². The molecular weight excluding hydrogens is 552 g/mol. The Hall–Kier alpha value is -5.43. The molecule has 1 amide bonds. The summed E-state index contributed by atoms with van der Waals surface area (Å²) >= 11 is 0. The second-order valence-electron chi connectivity index (χ2n) is 11.2. The van der Waals surface area contributed by atoms with Crippen LogP contribution in [-0.4, -0.2) is 42.1 Å². The molecule has 4 aromatic carbocycles. The molecule has 4 atom stereocenters. The van der Waals surface area contributed by atoms with Crippen molar-refractivity contribution in [2.24, 2.45) is 5.92 Å². The summed E-state index contributed by atoms with van der Waals surface area (Å²) < 4.78 is 11.1. The molecule has 7 heteroatoms. The van der Waals surface area contributed by atoms with Crippen molar-refractivity contribution >= 4 is 29.2 Å². The van der Waals surface area contributed by atoms with Crippen molar-refractivity contribution < 1.29 is 23.9 Å². The minimum Gasteiger partial charge on any atom is -0.497 e. The normalized spacial score (nSPS) is 22.5. The number of para-hydroxylation sites is 1. The molecule has 0 bridgehead atoms. The fourth-order valence-electron chi connectivity index (χ4n) is 7.17. The number of hydrogen-bond donors (Lipinski definition) is 1. The quantitative estimate of drug-likeness (QED) is 0.196. The Kier molecular flexibility index (Phi) is 6.66. The summed E-state index contributed by atoms with van der Waals surface area (Å²) in [6.07, 6.45) is 5.45. The van der Waals surface area contributed by atoms with Gasteiger partial charge >= 0.3 is 0 Å². The lowest BCUT2D eigenvalue weighted by atomic mass is 9.62. The van der Waals surface area contributed by atoms with Gasteiger partial charge < -0.3 is 19.7 Å². The summed E-state index contributed by atoms with van der Waals surface area (Å²) in [4.78, 5) is 46.2. The number of nitrogens with zero attached hydrogens (tertiary/aromatic N) is 1. The van der Waals surface area contributed by atoms with Gasteiger partial charge in [0.1, 0.15) is 29.6 Å². The number of anilines is 1. The van der Waals surface area contributed by atoms with Gasteiger partial charge in [-0.2, -0.15) is 0 Å². The Labute approximate surface area is 255 Å². The number of benzene rings is 4. The zero-order valence-corrected chi connectivity index (χ0v) is 24.1. The number of ketones is 2. The van der Waals surface area contributed by atoms with Gasteiger partial charge in [0.15, 0.2) is 11.6 Å². The Morgan fingerprint density at radius 3 is 2.48 bits per heavy atom. The third-order valence-corrected chi connectivity index (χ3v) is 8.98. The summed E-state index contributed by atoms with van der Waals surface area (Å²) in [5.41, 5.74) is 2.54. The van der Waals surface area contributed by atoms with E-state index in [0.29, 0.717) is 33.9 Å². The highest BCUT2D eigenvalue weighted by Gasteiger charge is 2.70. The van der Waals surface area contributed by atoms with Gasteiger partial charge in [-0.3, -0.25) is 14.4 Å². The van der Waals surface area contributed by atoms with Crippen molar-refractivity contribution in [3.8, 4) is 11.5 Å². The summed E-state index contributed by atoms with van der Waals surface area (Å²) in [5, 5.41) is 3.08. The number of rotatable bonds is 8. The molecule has 1 N–H and O–H groups in total. The number of methoxy groups -OCH3 is 1. The average Bonchev–Trinajstić information content (AvgIpc) is 3.55. The van der Waals surface area contributed by atoms with Gasteiger partial charge in [-0.05, 0) is 65.2 Å². The molecule has 3 aliphatic rings. The number of carbonyl (C=O) groups excluding carboxylic acids is 3. The van der Waals surface area contributed by atoms with Gasteiger partial charge in [0.05, 0.1) is 19.1 Å². The molecule has 218 valence electrons. The van der Waals surface area contributed by atoms with Crippen molar-refractivity contribution in [1.29, 1.82) is 0 Å². The van der Waals surface area contributed by atoms with E-state index < -0.39 is 23.4 Å². The predicted molar refractivity (Wildman–Crippen MR) is 168 cm³/mol. The van der Waals surface area contributed by atoms with Gasteiger partial charge in [-0.1, -0.05) is 67.3 Å². The van der Waals surface area contributed by atoms with E-state index in [1.807, 2.05) is 65.7 Å². The highest BCUT2D eigenvalue weighted by Crippen LogP contribution is 2.62. The van der Waals surface area contributed by atoms with E-state index in [9.17, 15) is 9.59 Å². The second kappa shape index (κ2) is 10.7. The van der Waals surface area contributed by atoms with Crippen LogP contribution < -0.4 is 14.8 Å². The largest absolute Gasteiger partial charge is 0.497 e. The second-order valence-corrected chi connectivity index (χ2v) is 11.2. The van der Waals surface area contributed by atoms with Gasteiger partial charge in [-0.25, -0.2) is 0 Å². The molecule has 4 aromatic rings. The molecule has 0 aliphatic carbocycles. The molecule has 0 unspecified atom stereocenters. The third-order valence-electron chi connectivity index (χ3n) is 8.98. The maximum Gasteiger partial charge on any atom is 0.238 e. The Balaban J connectivity index is 1.49. The smallest absolute Gasteiger partial charge is 0.238 e. The maximum atomic E-state index is 15.0. The van der Waals surface area contributed by atoms with Crippen LogP contribution in [0.3, 0.4) is 0 Å². The van der Waals surface area contributed by atoms with E-state index in [2.05, 4.69) is 11.9 Å². The Bertz CT molecular complexity index is 1840. The van der Waals surface area contributed by atoms with Crippen LogP contribution in [0, 0.1) is 5.92 Å². The molecule has 0 aromatic heterocycles. The number of nitrogens with one attached hydrogen (secondary N) is 1. The monoisotopic (exact) mass is 582 g/mol. The topological polar surface area (TPSA) is 84.9 Å². The summed E-state index contributed by atoms with van der Waals surface area (Å²) in [6.45, 7) is 3.98. The van der Waals surface area contributed by atoms with Crippen LogP contribution in [0.4, 0.5) is 5.69 Å². The third kappa shape index (κ3) is 4.00. The van der Waals surface area contributed by atoms with E-state index in [1.165, 1.54) is 0 Å². The Morgan fingerprint density at radius 1 is 0.909 bits per heavy atom. The van der Waals surface area contributed by atoms with Crippen LogP contribution in [-0.2, 0) is 10.2 Å². The van der Waals surface area contributed by atoms with Crippen molar-refractivity contribution in [3.63, 3.8) is 0 Å². The number of amides is 1. The zero-order chi connectivity index (χ0) is 30.4. The lowest BCUT2D eigenvalue weighted by Gasteiger charge is -2.38. The molecule has 0 saturated carbocycles. The number of hydrogen-bond acceptors (Lipinski definition) is 6. The molecule has 3 aliphatic heterocycles. The number of carbonyl (C=O) groups is 3.